The first-order valence-electron chi connectivity index (χ1n) is 6.17. The number of Topliss-reactive ketones (excluding diaryl/α,β-unsaturated/α-hetero) is 1. The summed E-state index contributed by atoms with van der Waals surface area (Å²) in [5.41, 5.74) is -0.363. The molecule has 1 aliphatic carbocycles. The Bertz CT molecular complexity index is 311. The maximum absolute atomic E-state index is 11.7. The molecule has 0 saturated heterocycles. The summed E-state index contributed by atoms with van der Waals surface area (Å²) >= 11 is 0. The highest BCUT2D eigenvalue weighted by molar-refractivity contribution is 5.85. The van der Waals surface area contributed by atoms with Crippen molar-refractivity contribution < 1.29 is 19.1 Å². The summed E-state index contributed by atoms with van der Waals surface area (Å²) in [7, 11) is 0. The molecule has 2 atom stereocenters. The lowest BCUT2D eigenvalue weighted by Crippen LogP contribution is -2.21. The lowest BCUT2D eigenvalue weighted by molar-refractivity contribution is -0.153. The van der Waals surface area contributed by atoms with Crippen LogP contribution in [0.5, 0.6) is 0 Å². The summed E-state index contributed by atoms with van der Waals surface area (Å²) in [5.74, 6) is 0.0331. The van der Waals surface area contributed by atoms with Crippen LogP contribution in [0.15, 0.2) is 0 Å². The SMILES string of the molecule is CCC1CC1(C)C(=O)OCC(=O)CCCC=O. The maximum Gasteiger partial charge on any atom is 0.312 e. The van der Waals surface area contributed by atoms with Gasteiger partial charge in [-0.2, -0.15) is 0 Å². The van der Waals surface area contributed by atoms with E-state index < -0.39 is 0 Å². The van der Waals surface area contributed by atoms with Gasteiger partial charge in [0.2, 0.25) is 0 Å². The average Bonchev–Trinajstić information content (AvgIpc) is 2.99. The maximum atomic E-state index is 11.7. The molecule has 0 aliphatic heterocycles. The van der Waals surface area contributed by atoms with E-state index in [1.54, 1.807) is 0 Å². The van der Waals surface area contributed by atoms with Crippen molar-refractivity contribution in [1.82, 2.24) is 0 Å². The summed E-state index contributed by atoms with van der Waals surface area (Å²) < 4.78 is 5.02. The first kappa shape index (κ1) is 13.9. The molecule has 2 unspecified atom stereocenters. The van der Waals surface area contributed by atoms with Crippen molar-refractivity contribution >= 4 is 18.0 Å². The van der Waals surface area contributed by atoms with Gasteiger partial charge in [-0.05, 0) is 25.7 Å². The largest absolute Gasteiger partial charge is 0.457 e. The second kappa shape index (κ2) is 5.94. The fourth-order valence-corrected chi connectivity index (χ4v) is 2.06. The highest BCUT2D eigenvalue weighted by Gasteiger charge is 2.56. The van der Waals surface area contributed by atoms with Gasteiger partial charge < -0.3 is 9.53 Å². The number of hydrogen-bond donors (Lipinski definition) is 0. The van der Waals surface area contributed by atoms with Crippen LogP contribution in [0.25, 0.3) is 0 Å². The molecule has 0 spiro atoms. The fraction of sp³-hybridized carbons (Fsp3) is 0.769. The van der Waals surface area contributed by atoms with Gasteiger partial charge in [-0.25, -0.2) is 0 Å². The minimum absolute atomic E-state index is 0.113. The van der Waals surface area contributed by atoms with E-state index in [0.29, 0.717) is 25.2 Å². The molecule has 4 heteroatoms. The van der Waals surface area contributed by atoms with Gasteiger partial charge in [-0.1, -0.05) is 13.3 Å². The normalized spacial score (nSPS) is 26.4. The summed E-state index contributed by atoms with van der Waals surface area (Å²) in [6.45, 7) is 3.79. The lowest BCUT2D eigenvalue weighted by atomic mass is 10.1. The molecule has 0 radical (unpaired) electrons. The van der Waals surface area contributed by atoms with Crippen LogP contribution in [0.1, 0.15) is 46.0 Å². The highest BCUT2D eigenvalue weighted by atomic mass is 16.5. The number of rotatable bonds is 8. The van der Waals surface area contributed by atoms with Crippen LogP contribution in [0.2, 0.25) is 0 Å². The number of aldehydes is 1. The van der Waals surface area contributed by atoms with Crippen LogP contribution in [0.4, 0.5) is 0 Å². The van der Waals surface area contributed by atoms with Crippen molar-refractivity contribution in [2.24, 2.45) is 11.3 Å². The molecule has 1 aliphatic rings. The fourth-order valence-electron chi connectivity index (χ4n) is 2.06. The Kier molecular flexibility index (Phi) is 4.85. The Morgan fingerprint density at radius 1 is 1.47 bits per heavy atom. The van der Waals surface area contributed by atoms with Gasteiger partial charge in [-0.15, -0.1) is 0 Å². The van der Waals surface area contributed by atoms with E-state index in [9.17, 15) is 14.4 Å². The first-order valence-corrected chi connectivity index (χ1v) is 6.17. The van der Waals surface area contributed by atoms with Gasteiger partial charge in [-0.3, -0.25) is 9.59 Å². The van der Waals surface area contributed by atoms with Gasteiger partial charge in [0.15, 0.2) is 5.78 Å². The van der Waals surface area contributed by atoms with E-state index in [1.807, 2.05) is 13.8 Å². The molecular weight excluding hydrogens is 220 g/mol. The van der Waals surface area contributed by atoms with E-state index in [2.05, 4.69) is 0 Å². The minimum Gasteiger partial charge on any atom is -0.457 e. The van der Waals surface area contributed by atoms with Crippen molar-refractivity contribution in [2.75, 3.05) is 6.61 Å². The van der Waals surface area contributed by atoms with E-state index in [0.717, 1.165) is 19.1 Å². The van der Waals surface area contributed by atoms with Crippen LogP contribution < -0.4 is 0 Å². The van der Waals surface area contributed by atoms with Crippen LogP contribution >= 0.6 is 0 Å². The number of esters is 1. The molecule has 0 aromatic rings. The second-order valence-corrected chi connectivity index (χ2v) is 4.90. The lowest BCUT2D eigenvalue weighted by Gasteiger charge is -2.10. The number of ketones is 1. The molecule has 0 bridgehead atoms. The number of carbonyl (C=O) groups is 3. The Balaban J connectivity index is 2.20. The van der Waals surface area contributed by atoms with Gasteiger partial charge in [0, 0.05) is 12.8 Å². The smallest absolute Gasteiger partial charge is 0.312 e. The molecule has 0 N–H and O–H groups in total. The average molecular weight is 240 g/mol. The molecule has 1 saturated carbocycles. The summed E-state index contributed by atoms with van der Waals surface area (Å²) in [6.07, 6.45) is 3.85. The second-order valence-electron chi connectivity index (χ2n) is 4.90. The predicted molar refractivity (Wildman–Crippen MR) is 62.4 cm³/mol. The number of unbranched alkanes of at least 4 members (excludes halogenated alkanes) is 1. The molecule has 4 nitrogen and oxygen atoms in total. The third-order valence-electron chi connectivity index (χ3n) is 3.51. The zero-order chi connectivity index (χ0) is 12.9. The van der Waals surface area contributed by atoms with Crippen molar-refractivity contribution in [3.05, 3.63) is 0 Å². The van der Waals surface area contributed by atoms with E-state index >= 15 is 0 Å². The molecule has 0 aromatic heterocycles. The molecule has 96 valence electrons. The minimum atomic E-state index is -0.363. The Labute approximate surface area is 102 Å². The van der Waals surface area contributed by atoms with E-state index in [1.165, 1.54) is 0 Å². The first-order chi connectivity index (χ1) is 8.04. The standard InChI is InChI=1S/C13H20O4/c1-3-10-8-13(10,2)12(16)17-9-11(15)6-4-5-7-14/h7,10H,3-6,8-9H2,1-2H3. The predicted octanol–water partition coefficient (Wildman–Crippen LogP) is 1.90. The number of carbonyl (C=O) groups excluding carboxylic acids is 3. The monoisotopic (exact) mass is 240 g/mol. The summed E-state index contributed by atoms with van der Waals surface area (Å²) in [4.78, 5) is 33.1. The summed E-state index contributed by atoms with van der Waals surface area (Å²) in [5, 5.41) is 0. The van der Waals surface area contributed by atoms with Crippen molar-refractivity contribution in [3.63, 3.8) is 0 Å². The van der Waals surface area contributed by atoms with Crippen molar-refractivity contribution in [2.45, 2.75) is 46.0 Å². The Morgan fingerprint density at radius 2 is 2.18 bits per heavy atom. The Morgan fingerprint density at radius 3 is 2.71 bits per heavy atom. The quantitative estimate of drug-likeness (QED) is 0.369. The molecule has 17 heavy (non-hydrogen) atoms. The number of ether oxygens (including phenoxy) is 1. The van der Waals surface area contributed by atoms with E-state index in [4.69, 9.17) is 4.74 Å². The van der Waals surface area contributed by atoms with Crippen LogP contribution in [0.3, 0.4) is 0 Å². The highest BCUT2D eigenvalue weighted by Crippen LogP contribution is 2.54. The third-order valence-corrected chi connectivity index (χ3v) is 3.51. The summed E-state index contributed by atoms with van der Waals surface area (Å²) in [6, 6.07) is 0. The molecule has 0 heterocycles. The van der Waals surface area contributed by atoms with Gasteiger partial charge in [0.25, 0.3) is 0 Å². The van der Waals surface area contributed by atoms with Crippen LogP contribution in [0, 0.1) is 11.3 Å². The Hall–Kier alpha value is -1.19. The topological polar surface area (TPSA) is 60.4 Å². The van der Waals surface area contributed by atoms with Crippen LogP contribution in [-0.2, 0) is 19.1 Å². The molecule has 1 rings (SSSR count). The number of hydrogen-bond acceptors (Lipinski definition) is 4. The molecule has 1 fully saturated rings. The zero-order valence-corrected chi connectivity index (χ0v) is 10.5. The van der Waals surface area contributed by atoms with E-state index in [-0.39, 0.29) is 23.8 Å². The molecular formula is C13H20O4. The van der Waals surface area contributed by atoms with Gasteiger partial charge in [0.1, 0.15) is 12.9 Å². The third kappa shape index (κ3) is 3.65. The molecule has 0 aromatic carbocycles. The molecule has 0 amide bonds. The van der Waals surface area contributed by atoms with Gasteiger partial charge >= 0.3 is 5.97 Å². The van der Waals surface area contributed by atoms with Gasteiger partial charge in [0.05, 0.1) is 5.41 Å². The zero-order valence-electron chi connectivity index (χ0n) is 10.5. The van der Waals surface area contributed by atoms with Crippen molar-refractivity contribution in [1.29, 1.82) is 0 Å². The van der Waals surface area contributed by atoms with Crippen LogP contribution in [-0.4, -0.2) is 24.6 Å². The van der Waals surface area contributed by atoms with Crippen molar-refractivity contribution in [3.8, 4) is 0 Å².